The summed E-state index contributed by atoms with van der Waals surface area (Å²) in [6.45, 7) is 4.47. The molecule has 0 fully saturated rings. The lowest BCUT2D eigenvalue weighted by Gasteiger charge is -2.12. The Morgan fingerprint density at radius 1 is 1.06 bits per heavy atom. The van der Waals surface area contributed by atoms with Gasteiger partial charge in [0.1, 0.15) is 18.2 Å². The Morgan fingerprint density at radius 2 is 1.82 bits per heavy atom. The molecule has 4 rings (SSSR count). The van der Waals surface area contributed by atoms with Crippen LogP contribution in [0.2, 0.25) is 0 Å². The predicted molar refractivity (Wildman–Crippen MR) is 143 cm³/mol. The second-order valence-electron chi connectivity index (χ2n) is 7.50. The maximum atomic E-state index is 13.1. The van der Waals surface area contributed by atoms with Crippen molar-refractivity contribution in [2.45, 2.75) is 26.9 Å². The van der Waals surface area contributed by atoms with Gasteiger partial charge in [-0.1, -0.05) is 52.7 Å². The molecule has 0 amide bonds. The summed E-state index contributed by atoms with van der Waals surface area (Å²) in [6, 6.07) is 17.5. The van der Waals surface area contributed by atoms with Crippen molar-refractivity contribution in [3.63, 3.8) is 0 Å². The first-order valence-electron chi connectivity index (χ1n) is 10.3. The summed E-state index contributed by atoms with van der Waals surface area (Å²) in [5.41, 5.74) is 3.55. The van der Waals surface area contributed by atoms with Crippen molar-refractivity contribution in [3.05, 3.63) is 101 Å². The first kappa shape index (κ1) is 23.9. The number of aryl methyl sites for hydroxylation is 2. The first-order chi connectivity index (χ1) is 15.9. The zero-order valence-electron chi connectivity index (χ0n) is 18.0. The van der Waals surface area contributed by atoms with E-state index < -0.39 is 0 Å². The molecule has 0 saturated heterocycles. The van der Waals surface area contributed by atoms with Crippen molar-refractivity contribution in [1.82, 2.24) is 9.66 Å². The van der Waals surface area contributed by atoms with E-state index in [2.05, 4.69) is 76.9 Å². The van der Waals surface area contributed by atoms with Crippen molar-refractivity contribution in [2.24, 2.45) is 5.10 Å². The number of fused-ring (bicyclic) bond motifs is 1. The zero-order chi connectivity index (χ0) is 23.5. The smallest absolute Gasteiger partial charge is 0.282 e. The third-order valence-corrected chi connectivity index (χ3v) is 6.67. The summed E-state index contributed by atoms with van der Waals surface area (Å²) >= 11 is 10.6. The molecule has 0 unspecified atom stereocenters. The van der Waals surface area contributed by atoms with Crippen LogP contribution in [0.5, 0.6) is 5.75 Å². The molecule has 1 aromatic heterocycles. The molecular weight excluding hydrogens is 614 g/mol. The highest BCUT2D eigenvalue weighted by molar-refractivity contribution is 9.11. The number of rotatable bonds is 6. The Labute approximate surface area is 216 Å². The topological polar surface area (TPSA) is 56.5 Å². The van der Waals surface area contributed by atoms with Gasteiger partial charge in [0.05, 0.1) is 26.1 Å². The average Bonchev–Trinajstić information content (AvgIpc) is 2.78. The highest BCUT2D eigenvalue weighted by Crippen LogP contribution is 2.35. The fraction of sp³-hybridized carbons (Fsp3) is 0.160. The number of benzene rings is 3. The summed E-state index contributed by atoms with van der Waals surface area (Å²) < 4.78 is 9.79. The third-order valence-electron chi connectivity index (χ3n) is 5.00. The third kappa shape index (κ3) is 5.45. The lowest BCUT2D eigenvalue weighted by atomic mass is 10.1. The van der Waals surface area contributed by atoms with E-state index >= 15 is 0 Å². The van der Waals surface area contributed by atoms with Crippen LogP contribution in [-0.4, -0.2) is 15.9 Å². The number of hydrogen-bond acceptors (Lipinski definition) is 4. The molecule has 33 heavy (non-hydrogen) atoms. The fourth-order valence-electron chi connectivity index (χ4n) is 3.42. The Morgan fingerprint density at radius 3 is 2.52 bits per heavy atom. The SMILES string of the molecule is CCc1nc2ccc(Br)cc2c(=O)n1N=Cc1cc(Br)c(OCc2cccc(C)c2)c(Br)c1. The first-order valence-corrected chi connectivity index (χ1v) is 12.7. The van der Waals surface area contributed by atoms with E-state index in [9.17, 15) is 4.79 Å². The van der Waals surface area contributed by atoms with Crippen LogP contribution in [0, 0.1) is 6.92 Å². The van der Waals surface area contributed by atoms with Crippen LogP contribution >= 0.6 is 47.8 Å². The van der Waals surface area contributed by atoms with E-state index in [0.717, 1.165) is 24.5 Å². The van der Waals surface area contributed by atoms with E-state index in [-0.39, 0.29) is 5.56 Å². The summed E-state index contributed by atoms with van der Waals surface area (Å²) in [7, 11) is 0. The van der Waals surface area contributed by atoms with Gasteiger partial charge in [0.2, 0.25) is 0 Å². The van der Waals surface area contributed by atoms with Gasteiger partial charge >= 0.3 is 0 Å². The molecule has 5 nitrogen and oxygen atoms in total. The monoisotopic (exact) mass is 631 g/mol. The molecule has 0 aliphatic heterocycles. The lowest BCUT2D eigenvalue weighted by molar-refractivity contribution is 0.302. The standard InChI is InChI=1S/C25H20Br3N3O2/c1-3-23-30-22-8-7-18(26)12-19(22)25(32)31(23)29-13-17-10-20(27)24(21(28)11-17)33-14-16-6-4-5-15(2)9-16/h4-13H,3,14H2,1-2H3. The van der Waals surface area contributed by atoms with Crippen molar-refractivity contribution in [2.75, 3.05) is 0 Å². The Bertz CT molecular complexity index is 1410. The van der Waals surface area contributed by atoms with E-state index in [4.69, 9.17) is 4.74 Å². The van der Waals surface area contributed by atoms with Crippen LogP contribution in [0.25, 0.3) is 10.9 Å². The molecule has 3 aromatic carbocycles. The molecule has 168 valence electrons. The Balaban J connectivity index is 1.63. The van der Waals surface area contributed by atoms with Crippen LogP contribution < -0.4 is 10.3 Å². The van der Waals surface area contributed by atoms with Crippen LogP contribution in [0.3, 0.4) is 0 Å². The number of halogens is 3. The summed E-state index contributed by atoms with van der Waals surface area (Å²) in [4.78, 5) is 17.7. The number of hydrogen-bond donors (Lipinski definition) is 0. The second kappa shape index (κ2) is 10.3. The van der Waals surface area contributed by atoms with Crippen LogP contribution in [-0.2, 0) is 13.0 Å². The summed E-state index contributed by atoms with van der Waals surface area (Å²) in [5.74, 6) is 1.31. The predicted octanol–water partition coefficient (Wildman–Crippen LogP) is 7.02. The molecule has 0 atom stereocenters. The maximum Gasteiger partial charge on any atom is 0.282 e. The average molecular weight is 634 g/mol. The summed E-state index contributed by atoms with van der Waals surface area (Å²) in [6.07, 6.45) is 2.23. The molecule has 0 saturated carbocycles. The zero-order valence-corrected chi connectivity index (χ0v) is 22.7. The van der Waals surface area contributed by atoms with Gasteiger partial charge in [0.25, 0.3) is 5.56 Å². The van der Waals surface area contributed by atoms with Gasteiger partial charge in [-0.25, -0.2) is 4.98 Å². The molecular formula is C25H20Br3N3O2. The normalized spacial score (nSPS) is 11.4. The van der Waals surface area contributed by atoms with Crippen molar-refractivity contribution in [3.8, 4) is 5.75 Å². The highest BCUT2D eigenvalue weighted by Gasteiger charge is 2.11. The van der Waals surface area contributed by atoms with Crippen LogP contribution in [0.1, 0.15) is 29.4 Å². The molecule has 0 bridgehead atoms. The van der Waals surface area contributed by atoms with E-state index in [0.29, 0.717) is 35.5 Å². The Kier molecular flexibility index (Phi) is 7.46. The highest BCUT2D eigenvalue weighted by atomic mass is 79.9. The molecule has 0 aliphatic rings. The lowest BCUT2D eigenvalue weighted by Crippen LogP contribution is -2.22. The van der Waals surface area contributed by atoms with Gasteiger partial charge in [0, 0.05) is 10.9 Å². The maximum absolute atomic E-state index is 13.1. The van der Waals surface area contributed by atoms with Gasteiger partial charge in [-0.05, 0) is 80.2 Å². The molecule has 0 radical (unpaired) electrons. The molecule has 8 heteroatoms. The molecule has 0 N–H and O–H groups in total. The quantitative estimate of drug-likeness (QED) is 0.215. The minimum absolute atomic E-state index is 0.203. The molecule has 0 aliphatic carbocycles. The summed E-state index contributed by atoms with van der Waals surface area (Å²) in [5, 5.41) is 4.98. The number of ether oxygens (including phenoxy) is 1. The Hall–Kier alpha value is -2.29. The molecule has 1 heterocycles. The number of nitrogens with zero attached hydrogens (tertiary/aromatic N) is 3. The van der Waals surface area contributed by atoms with Gasteiger partial charge in [-0.15, -0.1) is 0 Å². The largest absolute Gasteiger partial charge is 0.487 e. The van der Waals surface area contributed by atoms with Gasteiger partial charge in [-0.2, -0.15) is 9.78 Å². The fourth-order valence-corrected chi connectivity index (χ4v) is 5.23. The van der Waals surface area contributed by atoms with E-state index in [1.165, 1.54) is 10.2 Å². The van der Waals surface area contributed by atoms with Crippen molar-refractivity contribution in [1.29, 1.82) is 0 Å². The van der Waals surface area contributed by atoms with E-state index in [1.54, 1.807) is 12.3 Å². The van der Waals surface area contributed by atoms with Gasteiger partial charge in [-0.3, -0.25) is 4.79 Å². The number of aromatic nitrogens is 2. The van der Waals surface area contributed by atoms with E-state index in [1.807, 2.05) is 43.3 Å². The van der Waals surface area contributed by atoms with Gasteiger partial charge < -0.3 is 4.74 Å². The minimum atomic E-state index is -0.203. The van der Waals surface area contributed by atoms with Crippen molar-refractivity contribution >= 4 is 64.9 Å². The minimum Gasteiger partial charge on any atom is -0.487 e. The molecule has 4 aromatic rings. The van der Waals surface area contributed by atoms with Crippen LogP contribution in [0.4, 0.5) is 0 Å². The van der Waals surface area contributed by atoms with Crippen molar-refractivity contribution < 1.29 is 4.74 Å². The van der Waals surface area contributed by atoms with Gasteiger partial charge in [0.15, 0.2) is 0 Å². The second-order valence-corrected chi connectivity index (χ2v) is 10.1. The molecule has 0 spiro atoms. The van der Waals surface area contributed by atoms with Crippen LogP contribution in [0.15, 0.2) is 77.9 Å².